The van der Waals surface area contributed by atoms with E-state index in [2.05, 4.69) is 22.5 Å². The van der Waals surface area contributed by atoms with Gasteiger partial charge in [-0.3, -0.25) is 0 Å². The van der Waals surface area contributed by atoms with Crippen LogP contribution in [0.1, 0.15) is 49.4 Å². The molecule has 0 aromatic carbocycles. The highest BCUT2D eigenvalue weighted by Gasteiger charge is 2.22. The van der Waals surface area contributed by atoms with Crippen molar-refractivity contribution in [1.82, 2.24) is 14.5 Å². The van der Waals surface area contributed by atoms with Gasteiger partial charge in [-0.15, -0.1) is 0 Å². The van der Waals surface area contributed by atoms with Crippen LogP contribution in [0.15, 0.2) is 12.3 Å². The zero-order valence-corrected chi connectivity index (χ0v) is 13.4. The summed E-state index contributed by atoms with van der Waals surface area (Å²) in [6.07, 6.45) is 8.38. The van der Waals surface area contributed by atoms with E-state index in [1.807, 2.05) is 6.20 Å². The van der Waals surface area contributed by atoms with Crippen LogP contribution in [0.5, 0.6) is 0 Å². The monoisotopic (exact) mass is 302 g/mol. The predicted octanol–water partition coefficient (Wildman–Crippen LogP) is 2.76. The van der Waals surface area contributed by atoms with Crippen molar-refractivity contribution in [2.45, 2.75) is 51.5 Å². The van der Waals surface area contributed by atoms with Gasteiger partial charge in [0.1, 0.15) is 11.3 Å². The highest BCUT2D eigenvalue weighted by Crippen LogP contribution is 2.33. The quantitative estimate of drug-likeness (QED) is 0.833. The van der Waals surface area contributed by atoms with Crippen molar-refractivity contribution in [3.05, 3.63) is 23.7 Å². The van der Waals surface area contributed by atoms with Crippen LogP contribution < -0.4 is 5.73 Å². The SMILES string of the molecule is Cc1cnc2c(c1)nc(C1CCCCC1)n2CCOCCN. The first-order chi connectivity index (χ1) is 10.8. The number of nitrogens with two attached hydrogens (primary N) is 1. The van der Waals surface area contributed by atoms with E-state index in [1.54, 1.807) is 0 Å². The third-order valence-electron chi connectivity index (χ3n) is 4.44. The Morgan fingerprint density at radius 1 is 1.27 bits per heavy atom. The molecule has 1 fully saturated rings. The van der Waals surface area contributed by atoms with Crippen molar-refractivity contribution < 1.29 is 4.74 Å². The smallest absolute Gasteiger partial charge is 0.160 e. The van der Waals surface area contributed by atoms with Gasteiger partial charge in [-0.05, 0) is 31.4 Å². The van der Waals surface area contributed by atoms with Gasteiger partial charge in [-0.2, -0.15) is 0 Å². The van der Waals surface area contributed by atoms with Crippen LogP contribution in [0, 0.1) is 6.92 Å². The van der Waals surface area contributed by atoms with Gasteiger partial charge in [0.15, 0.2) is 5.65 Å². The molecule has 1 saturated carbocycles. The maximum atomic E-state index is 5.57. The number of aryl methyl sites for hydroxylation is 1. The second kappa shape index (κ2) is 7.20. The number of ether oxygens (including phenoxy) is 1. The van der Waals surface area contributed by atoms with Gasteiger partial charge in [0, 0.05) is 25.2 Å². The summed E-state index contributed by atoms with van der Waals surface area (Å²) in [6, 6.07) is 2.13. The number of pyridine rings is 1. The van der Waals surface area contributed by atoms with E-state index in [-0.39, 0.29) is 0 Å². The maximum absolute atomic E-state index is 5.57. The minimum atomic E-state index is 0.567. The first-order valence-electron chi connectivity index (χ1n) is 8.40. The molecular weight excluding hydrogens is 276 g/mol. The van der Waals surface area contributed by atoms with E-state index in [1.165, 1.54) is 37.9 Å². The standard InChI is InChI=1S/C17H26N4O/c1-13-11-15-17(19-12-13)21(8-10-22-9-7-18)16(20-15)14-5-3-2-4-6-14/h11-12,14H,2-10,18H2,1H3. The van der Waals surface area contributed by atoms with Crippen LogP contribution in [0.3, 0.4) is 0 Å². The Morgan fingerprint density at radius 3 is 2.86 bits per heavy atom. The molecule has 3 rings (SSSR count). The van der Waals surface area contributed by atoms with Gasteiger partial charge < -0.3 is 15.0 Å². The van der Waals surface area contributed by atoms with Crippen LogP contribution in [0.4, 0.5) is 0 Å². The summed E-state index contributed by atoms with van der Waals surface area (Å²) in [5.41, 5.74) is 8.65. The van der Waals surface area contributed by atoms with E-state index < -0.39 is 0 Å². The molecule has 0 atom stereocenters. The first kappa shape index (κ1) is 15.4. The van der Waals surface area contributed by atoms with E-state index in [4.69, 9.17) is 15.5 Å². The zero-order chi connectivity index (χ0) is 15.4. The largest absolute Gasteiger partial charge is 0.378 e. The highest BCUT2D eigenvalue weighted by molar-refractivity contribution is 5.72. The summed E-state index contributed by atoms with van der Waals surface area (Å²) in [5.74, 6) is 1.77. The van der Waals surface area contributed by atoms with Crippen molar-refractivity contribution >= 4 is 11.2 Å². The molecule has 0 bridgehead atoms. The van der Waals surface area contributed by atoms with E-state index in [9.17, 15) is 0 Å². The molecule has 0 saturated heterocycles. The molecule has 2 N–H and O–H groups in total. The van der Waals surface area contributed by atoms with Crippen molar-refractivity contribution in [1.29, 1.82) is 0 Å². The molecule has 0 spiro atoms. The van der Waals surface area contributed by atoms with Crippen molar-refractivity contribution in [2.24, 2.45) is 5.73 Å². The Morgan fingerprint density at radius 2 is 2.09 bits per heavy atom. The second-order valence-electron chi connectivity index (χ2n) is 6.21. The minimum Gasteiger partial charge on any atom is -0.378 e. The van der Waals surface area contributed by atoms with Crippen LogP contribution in [0.2, 0.25) is 0 Å². The number of imidazole rings is 1. The fourth-order valence-electron chi connectivity index (χ4n) is 3.36. The molecule has 0 radical (unpaired) electrons. The van der Waals surface area contributed by atoms with E-state index in [0.717, 1.165) is 23.3 Å². The van der Waals surface area contributed by atoms with Crippen LogP contribution in [-0.2, 0) is 11.3 Å². The highest BCUT2D eigenvalue weighted by atomic mass is 16.5. The van der Waals surface area contributed by atoms with Gasteiger partial charge in [-0.25, -0.2) is 9.97 Å². The number of nitrogens with zero attached hydrogens (tertiary/aromatic N) is 3. The Kier molecular flexibility index (Phi) is 5.05. The predicted molar refractivity (Wildman–Crippen MR) is 88.0 cm³/mol. The molecular formula is C17H26N4O. The van der Waals surface area contributed by atoms with Gasteiger partial charge >= 0.3 is 0 Å². The average Bonchev–Trinajstić information content (AvgIpc) is 2.90. The third kappa shape index (κ3) is 3.31. The third-order valence-corrected chi connectivity index (χ3v) is 4.44. The first-order valence-corrected chi connectivity index (χ1v) is 8.40. The lowest BCUT2D eigenvalue weighted by Crippen LogP contribution is -2.17. The molecule has 0 unspecified atom stereocenters. The topological polar surface area (TPSA) is 66.0 Å². The molecule has 120 valence electrons. The molecule has 0 amide bonds. The Balaban J connectivity index is 1.89. The number of hydrogen-bond donors (Lipinski definition) is 1. The Hall–Kier alpha value is -1.46. The normalized spacial score (nSPS) is 16.5. The summed E-state index contributed by atoms with van der Waals surface area (Å²) in [7, 11) is 0. The second-order valence-corrected chi connectivity index (χ2v) is 6.21. The lowest BCUT2D eigenvalue weighted by atomic mass is 9.88. The summed E-state index contributed by atoms with van der Waals surface area (Å²) in [4.78, 5) is 9.53. The van der Waals surface area contributed by atoms with Crippen molar-refractivity contribution in [3.8, 4) is 0 Å². The number of rotatable bonds is 6. The average molecular weight is 302 g/mol. The van der Waals surface area contributed by atoms with Crippen LogP contribution >= 0.6 is 0 Å². The fourth-order valence-corrected chi connectivity index (χ4v) is 3.36. The van der Waals surface area contributed by atoms with Crippen molar-refractivity contribution in [3.63, 3.8) is 0 Å². The van der Waals surface area contributed by atoms with Gasteiger partial charge in [-0.1, -0.05) is 19.3 Å². The molecule has 5 heteroatoms. The van der Waals surface area contributed by atoms with Gasteiger partial charge in [0.25, 0.3) is 0 Å². The molecule has 5 nitrogen and oxygen atoms in total. The van der Waals surface area contributed by atoms with E-state index >= 15 is 0 Å². The Bertz CT molecular complexity index is 616. The molecule has 22 heavy (non-hydrogen) atoms. The lowest BCUT2D eigenvalue weighted by molar-refractivity contribution is 0.133. The summed E-state index contributed by atoms with van der Waals surface area (Å²) < 4.78 is 7.83. The molecule has 2 aromatic rings. The molecule has 0 aliphatic heterocycles. The number of aromatic nitrogens is 3. The molecule has 2 aromatic heterocycles. The molecule has 1 aliphatic carbocycles. The summed E-state index contributed by atoms with van der Waals surface area (Å²) >= 11 is 0. The zero-order valence-electron chi connectivity index (χ0n) is 13.4. The maximum Gasteiger partial charge on any atom is 0.160 e. The minimum absolute atomic E-state index is 0.567. The van der Waals surface area contributed by atoms with Crippen molar-refractivity contribution in [2.75, 3.05) is 19.8 Å². The van der Waals surface area contributed by atoms with Gasteiger partial charge in [0.2, 0.25) is 0 Å². The molecule has 2 heterocycles. The fraction of sp³-hybridized carbons (Fsp3) is 0.647. The van der Waals surface area contributed by atoms with Gasteiger partial charge in [0.05, 0.1) is 13.2 Å². The number of fused-ring (bicyclic) bond motifs is 1. The molecule has 1 aliphatic rings. The Labute approximate surface area is 131 Å². The van der Waals surface area contributed by atoms with E-state index in [0.29, 0.717) is 25.7 Å². The number of hydrogen-bond acceptors (Lipinski definition) is 4. The van der Waals surface area contributed by atoms with Crippen LogP contribution in [-0.4, -0.2) is 34.3 Å². The summed E-state index contributed by atoms with van der Waals surface area (Å²) in [6.45, 7) is 4.71. The lowest BCUT2D eigenvalue weighted by Gasteiger charge is -2.22. The summed E-state index contributed by atoms with van der Waals surface area (Å²) in [5, 5.41) is 0. The van der Waals surface area contributed by atoms with Crippen LogP contribution in [0.25, 0.3) is 11.2 Å².